The molecular formula is C22H28N2O5S2. The van der Waals surface area contributed by atoms with Crippen LogP contribution in [0.1, 0.15) is 47.1 Å². The van der Waals surface area contributed by atoms with Crippen molar-refractivity contribution in [2.45, 2.75) is 46.3 Å². The maximum atomic E-state index is 12.3. The van der Waals surface area contributed by atoms with E-state index in [1.165, 1.54) is 33.4 Å². The summed E-state index contributed by atoms with van der Waals surface area (Å²) in [6.07, 6.45) is 3.63. The summed E-state index contributed by atoms with van der Waals surface area (Å²) in [6, 6.07) is 4.31. The third-order valence-corrected chi connectivity index (χ3v) is 7.46. The number of hydrogen-bond donors (Lipinski definition) is 0. The van der Waals surface area contributed by atoms with Crippen LogP contribution in [0.2, 0.25) is 0 Å². The van der Waals surface area contributed by atoms with Crippen LogP contribution in [0.4, 0.5) is 0 Å². The van der Waals surface area contributed by atoms with Crippen molar-refractivity contribution < 1.29 is 19.5 Å². The Kier molecular flexibility index (Phi) is 8.22. The summed E-state index contributed by atoms with van der Waals surface area (Å²) in [4.78, 5) is 31.9. The molecule has 0 amide bonds. The van der Waals surface area contributed by atoms with Crippen LogP contribution in [-0.4, -0.2) is 41.9 Å². The average molecular weight is 465 g/mol. The van der Waals surface area contributed by atoms with Crippen LogP contribution in [-0.2, 0) is 14.4 Å². The van der Waals surface area contributed by atoms with Gasteiger partial charge >= 0.3 is 5.97 Å². The quantitative estimate of drug-likeness (QED) is 0.223. The van der Waals surface area contributed by atoms with Gasteiger partial charge in [-0.05, 0) is 80.6 Å². The fourth-order valence-electron chi connectivity index (χ4n) is 3.83. The molecule has 0 spiro atoms. The van der Waals surface area contributed by atoms with Gasteiger partial charge in [0.25, 0.3) is 5.09 Å². The van der Waals surface area contributed by atoms with E-state index < -0.39 is 17.3 Å². The molecule has 0 aliphatic carbocycles. The molecule has 2 aromatic heterocycles. The summed E-state index contributed by atoms with van der Waals surface area (Å²) < 4.78 is 5.08. The van der Waals surface area contributed by atoms with Gasteiger partial charge in [-0.3, -0.25) is 9.63 Å². The summed E-state index contributed by atoms with van der Waals surface area (Å²) in [6.45, 7) is 8.03. The normalized spacial score (nSPS) is 17.7. The van der Waals surface area contributed by atoms with Crippen LogP contribution in [0.25, 0.3) is 5.57 Å². The number of thiophene rings is 2. The largest absolute Gasteiger partial charge is 0.435 e. The van der Waals surface area contributed by atoms with E-state index in [4.69, 9.17) is 4.74 Å². The molecule has 3 rings (SSSR count). The molecule has 9 heteroatoms. The van der Waals surface area contributed by atoms with Gasteiger partial charge in [0.05, 0.1) is 5.92 Å². The molecule has 1 saturated heterocycles. The molecule has 2 atom stereocenters. The maximum Gasteiger partial charge on any atom is 0.312 e. The Balaban J connectivity index is 1.61. The Morgan fingerprint density at radius 1 is 1.29 bits per heavy atom. The van der Waals surface area contributed by atoms with Gasteiger partial charge in [0, 0.05) is 28.4 Å². The number of ether oxygens (including phenoxy) is 1. The average Bonchev–Trinajstić information content (AvgIpc) is 3.33. The van der Waals surface area contributed by atoms with Crippen molar-refractivity contribution in [3.05, 3.63) is 60.0 Å². The lowest BCUT2D eigenvalue weighted by Crippen LogP contribution is -2.40. The van der Waals surface area contributed by atoms with Gasteiger partial charge in [-0.15, -0.1) is 32.8 Å². The van der Waals surface area contributed by atoms with E-state index in [2.05, 4.69) is 52.6 Å². The van der Waals surface area contributed by atoms with E-state index in [-0.39, 0.29) is 5.92 Å². The molecule has 0 aromatic carbocycles. The van der Waals surface area contributed by atoms with Gasteiger partial charge in [-0.1, -0.05) is 6.08 Å². The van der Waals surface area contributed by atoms with Gasteiger partial charge in [-0.2, -0.15) is 0 Å². The monoisotopic (exact) mass is 464 g/mol. The molecule has 3 heterocycles. The van der Waals surface area contributed by atoms with Crippen molar-refractivity contribution in [1.82, 2.24) is 4.90 Å². The highest BCUT2D eigenvalue weighted by molar-refractivity contribution is 7.14. The first-order valence-corrected chi connectivity index (χ1v) is 12.1. The Hall–Kier alpha value is -2.23. The highest BCUT2D eigenvalue weighted by atomic mass is 32.1. The number of rotatable bonds is 9. The van der Waals surface area contributed by atoms with E-state index in [1.807, 2.05) is 0 Å². The standard InChI is InChI=1S/C22H28N2O5S2/c1-15-8-12-30-20(15)19(21-16(2)9-13-31-21)7-5-11-23-10-4-6-18(14-23)22(25)28-17(3)29-24(26)27/h7-9,12-13,17-18H,4-6,10-11,14H2,1-3H3/t17?,18-/m1/s1. The molecule has 1 aliphatic rings. The molecule has 2 aromatic rings. The number of aryl methyl sites for hydroxylation is 2. The summed E-state index contributed by atoms with van der Waals surface area (Å²) in [5.74, 6) is -0.715. The van der Waals surface area contributed by atoms with Gasteiger partial charge in [0.2, 0.25) is 6.29 Å². The zero-order chi connectivity index (χ0) is 22.4. The van der Waals surface area contributed by atoms with Crippen LogP contribution >= 0.6 is 22.7 Å². The van der Waals surface area contributed by atoms with Gasteiger partial charge in [0.1, 0.15) is 0 Å². The van der Waals surface area contributed by atoms with E-state index >= 15 is 0 Å². The van der Waals surface area contributed by atoms with Crippen LogP contribution in [0.3, 0.4) is 0 Å². The summed E-state index contributed by atoms with van der Waals surface area (Å²) in [5.41, 5.74) is 3.87. The van der Waals surface area contributed by atoms with Crippen LogP contribution in [0, 0.1) is 29.9 Å². The molecule has 0 radical (unpaired) electrons. The molecular weight excluding hydrogens is 436 g/mol. The van der Waals surface area contributed by atoms with Crippen LogP contribution in [0.15, 0.2) is 29.0 Å². The predicted octanol–water partition coefficient (Wildman–Crippen LogP) is 5.06. The summed E-state index contributed by atoms with van der Waals surface area (Å²) >= 11 is 3.54. The molecule has 168 valence electrons. The lowest BCUT2D eigenvalue weighted by atomic mass is 9.98. The van der Waals surface area contributed by atoms with Crippen molar-refractivity contribution in [1.29, 1.82) is 0 Å². The number of piperidine rings is 1. The third-order valence-electron chi connectivity index (χ3n) is 5.36. The zero-order valence-electron chi connectivity index (χ0n) is 18.0. The van der Waals surface area contributed by atoms with Crippen molar-refractivity contribution in [3.63, 3.8) is 0 Å². The minimum atomic E-state index is -1.19. The first kappa shape index (κ1) is 23.4. The molecule has 7 nitrogen and oxygen atoms in total. The molecule has 31 heavy (non-hydrogen) atoms. The van der Waals surface area contributed by atoms with E-state index in [9.17, 15) is 14.9 Å². The van der Waals surface area contributed by atoms with Gasteiger partial charge in [-0.25, -0.2) is 0 Å². The second kappa shape index (κ2) is 10.9. The number of esters is 1. The smallest absolute Gasteiger partial charge is 0.312 e. The second-order valence-corrected chi connectivity index (χ2v) is 9.58. The number of carbonyl (C=O) groups excluding carboxylic acids is 1. The van der Waals surface area contributed by atoms with E-state index in [0.29, 0.717) is 6.54 Å². The predicted molar refractivity (Wildman–Crippen MR) is 123 cm³/mol. The Morgan fingerprint density at radius 3 is 2.48 bits per heavy atom. The highest BCUT2D eigenvalue weighted by Gasteiger charge is 2.28. The number of carbonyl (C=O) groups is 1. The number of likely N-dealkylation sites (tertiary alicyclic amines) is 1. The molecule has 0 N–H and O–H groups in total. The van der Waals surface area contributed by atoms with Crippen molar-refractivity contribution in [3.8, 4) is 0 Å². The molecule has 0 saturated carbocycles. The highest BCUT2D eigenvalue weighted by Crippen LogP contribution is 2.35. The summed E-state index contributed by atoms with van der Waals surface area (Å²) in [7, 11) is 0. The maximum absolute atomic E-state index is 12.3. The van der Waals surface area contributed by atoms with E-state index in [1.54, 1.807) is 22.7 Å². The first-order chi connectivity index (χ1) is 14.8. The van der Waals surface area contributed by atoms with Crippen molar-refractivity contribution in [2.75, 3.05) is 19.6 Å². The van der Waals surface area contributed by atoms with Crippen molar-refractivity contribution >= 4 is 34.2 Å². The molecule has 1 fully saturated rings. The Labute approximate surface area is 190 Å². The molecule has 1 aliphatic heterocycles. The lowest BCUT2D eigenvalue weighted by molar-refractivity contribution is -0.777. The second-order valence-electron chi connectivity index (χ2n) is 7.75. The van der Waals surface area contributed by atoms with Gasteiger partial charge < -0.3 is 9.64 Å². The summed E-state index contributed by atoms with van der Waals surface area (Å²) in [5, 5.41) is 13.7. The van der Waals surface area contributed by atoms with Crippen LogP contribution in [0.5, 0.6) is 0 Å². The number of hydrogen-bond acceptors (Lipinski definition) is 8. The fraction of sp³-hybridized carbons (Fsp3) is 0.500. The van der Waals surface area contributed by atoms with E-state index in [0.717, 1.165) is 32.4 Å². The SMILES string of the molecule is Cc1ccsc1C(=CCCN1CCC[C@@H](C(=O)OC(C)O[N+](=O)[O-])C1)c1sccc1C. The van der Waals surface area contributed by atoms with Crippen molar-refractivity contribution in [2.24, 2.45) is 5.92 Å². The minimum Gasteiger partial charge on any atom is -0.435 e. The first-order valence-electron chi connectivity index (χ1n) is 10.4. The lowest BCUT2D eigenvalue weighted by Gasteiger charge is -2.31. The van der Waals surface area contributed by atoms with Gasteiger partial charge in [0.15, 0.2) is 0 Å². The Morgan fingerprint density at radius 2 is 1.94 bits per heavy atom. The fourth-order valence-corrected chi connectivity index (χ4v) is 5.84. The zero-order valence-corrected chi connectivity index (χ0v) is 19.7. The topological polar surface area (TPSA) is 81.9 Å². The minimum absolute atomic E-state index is 0.283. The Bertz CT molecular complexity index is 894. The molecule has 0 bridgehead atoms. The van der Waals surface area contributed by atoms with Crippen LogP contribution < -0.4 is 0 Å². The third kappa shape index (κ3) is 6.38. The molecule has 1 unspecified atom stereocenters. The number of nitrogens with zero attached hydrogens (tertiary/aromatic N) is 2.